The van der Waals surface area contributed by atoms with E-state index in [0.29, 0.717) is 24.5 Å². The molecular weight excluding hydrogens is 462 g/mol. The van der Waals surface area contributed by atoms with Gasteiger partial charge in [-0.2, -0.15) is 0 Å². The molecule has 2 fully saturated rings. The molecule has 0 spiro atoms. The van der Waals surface area contributed by atoms with Gasteiger partial charge < -0.3 is 10.0 Å². The Morgan fingerprint density at radius 3 is 2.29 bits per heavy atom. The third-order valence-corrected chi connectivity index (χ3v) is 7.77. The Labute approximate surface area is 199 Å². The number of aromatic hydroxyl groups is 1. The van der Waals surface area contributed by atoms with Crippen molar-refractivity contribution in [2.24, 2.45) is 0 Å². The smallest absolute Gasteiger partial charge is 0.238 e. The first-order chi connectivity index (χ1) is 16.1. The Morgan fingerprint density at radius 1 is 1.09 bits per heavy atom. The van der Waals surface area contributed by atoms with Crippen LogP contribution in [0.4, 0.5) is 8.78 Å². The largest absolute Gasteiger partial charge is 0.508 e. The Hall–Kier alpha value is -2.52. The molecule has 0 radical (unpaired) electrons. The van der Waals surface area contributed by atoms with Crippen molar-refractivity contribution in [2.45, 2.75) is 50.2 Å². The van der Waals surface area contributed by atoms with Crippen LogP contribution in [0.2, 0.25) is 0 Å². The highest BCUT2D eigenvalue weighted by Gasteiger charge is 2.41. The topological polar surface area (TPSA) is 77.9 Å². The lowest BCUT2D eigenvalue weighted by Crippen LogP contribution is -2.47. The fourth-order valence-electron chi connectivity index (χ4n) is 5.41. The van der Waals surface area contributed by atoms with Crippen molar-refractivity contribution in [3.05, 3.63) is 65.2 Å². The van der Waals surface area contributed by atoms with E-state index < -0.39 is 33.1 Å². The van der Waals surface area contributed by atoms with Crippen LogP contribution < -0.4 is 0 Å². The van der Waals surface area contributed by atoms with Gasteiger partial charge >= 0.3 is 0 Å². The third-order valence-electron chi connectivity index (χ3n) is 7.00. The summed E-state index contributed by atoms with van der Waals surface area (Å²) in [6, 6.07) is 11.5. The first kappa shape index (κ1) is 24.6. The van der Waals surface area contributed by atoms with Crippen LogP contribution in [0.5, 0.6) is 5.75 Å². The molecule has 2 bridgehead atoms. The molecule has 184 valence electrons. The number of amides is 1. The highest BCUT2D eigenvalue weighted by atomic mass is 32.2. The number of phenolic OH excluding ortho intramolecular Hbond substituents is 1. The third kappa shape index (κ3) is 5.75. The van der Waals surface area contributed by atoms with Gasteiger partial charge in [-0.15, -0.1) is 0 Å². The van der Waals surface area contributed by atoms with Gasteiger partial charge in [0.25, 0.3) is 0 Å². The van der Waals surface area contributed by atoms with Gasteiger partial charge in [-0.3, -0.25) is 9.69 Å². The predicted octanol–water partition coefficient (Wildman–Crippen LogP) is 3.45. The van der Waals surface area contributed by atoms with Gasteiger partial charge in [0.15, 0.2) is 9.84 Å². The van der Waals surface area contributed by atoms with Gasteiger partial charge in [-0.1, -0.05) is 18.2 Å². The molecule has 0 aliphatic carbocycles. The Bertz CT molecular complexity index is 1120. The summed E-state index contributed by atoms with van der Waals surface area (Å²) in [4.78, 5) is 16.4. The number of rotatable bonds is 8. The molecule has 9 heteroatoms. The summed E-state index contributed by atoms with van der Waals surface area (Å²) in [5, 5.41) is 9.84. The summed E-state index contributed by atoms with van der Waals surface area (Å²) in [7, 11) is -3.59. The molecule has 0 saturated carbocycles. The zero-order valence-corrected chi connectivity index (χ0v) is 20.0. The van der Waals surface area contributed by atoms with E-state index in [1.165, 1.54) is 11.0 Å². The lowest BCUT2D eigenvalue weighted by Gasteiger charge is -2.40. The minimum atomic E-state index is -3.59. The molecule has 4 rings (SSSR count). The van der Waals surface area contributed by atoms with Crippen LogP contribution in [0, 0.1) is 11.6 Å². The fourth-order valence-corrected chi connectivity index (χ4v) is 6.04. The van der Waals surface area contributed by atoms with E-state index in [1.54, 1.807) is 6.07 Å². The normalized spacial score (nSPS) is 22.6. The van der Waals surface area contributed by atoms with Gasteiger partial charge in [0.05, 0.1) is 6.54 Å². The number of carbonyl (C=O) groups excluding carboxylic acids is 1. The number of piperidine rings is 1. The number of fused-ring (bicyclic) bond motifs is 2. The molecule has 6 nitrogen and oxygen atoms in total. The summed E-state index contributed by atoms with van der Waals surface area (Å²) in [5.74, 6) is -2.28. The Balaban J connectivity index is 1.46. The second-order valence-electron chi connectivity index (χ2n) is 9.47. The zero-order chi connectivity index (χ0) is 24.5. The molecule has 2 aliphatic heterocycles. The molecule has 1 N–H and O–H groups in total. The maximum atomic E-state index is 14.2. The predicted molar refractivity (Wildman–Crippen MR) is 125 cm³/mol. The minimum Gasteiger partial charge on any atom is -0.508 e. The van der Waals surface area contributed by atoms with Crippen LogP contribution in [-0.4, -0.2) is 66.4 Å². The maximum absolute atomic E-state index is 14.2. The number of benzene rings is 2. The summed E-state index contributed by atoms with van der Waals surface area (Å²) in [6.45, 7) is 0.377. The lowest BCUT2D eigenvalue weighted by atomic mass is 9.85. The molecule has 2 aromatic carbocycles. The summed E-state index contributed by atoms with van der Waals surface area (Å²) in [6.07, 6.45) is 4.88. The second-order valence-corrected chi connectivity index (χ2v) is 11.6. The number of halogens is 2. The van der Waals surface area contributed by atoms with Crippen molar-refractivity contribution in [3.8, 4) is 5.75 Å². The van der Waals surface area contributed by atoms with E-state index >= 15 is 0 Å². The van der Waals surface area contributed by atoms with E-state index in [4.69, 9.17) is 0 Å². The van der Waals surface area contributed by atoms with Crippen LogP contribution >= 0.6 is 0 Å². The molecule has 2 aromatic rings. The molecule has 2 atom stereocenters. The molecule has 34 heavy (non-hydrogen) atoms. The standard InChI is InChI=1S/C25H30F2N2O4S/c1-34(32,33)16-25(31)28(15-22-23(26)6-3-7-24(22)27)10-11-29-19-8-9-20(29)13-18(12-19)17-4-2-5-21(30)14-17/h2-7,14,18-20,30H,8-13,15-16H2,1H3. The maximum Gasteiger partial charge on any atom is 0.238 e. The second kappa shape index (κ2) is 10.00. The highest BCUT2D eigenvalue weighted by Crippen LogP contribution is 2.43. The summed E-state index contributed by atoms with van der Waals surface area (Å²) >= 11 is 0. The number of hydrogen-bond donors (Lipinski definition) is 1. The van der Waals surface area contributed by atoms with Crippen molar-refractivity contribution in [3.63, 3.8) is 0 Å². The zero-order valence-electron chi connectivity index (χ0n) is 19.2. The SMILES string of the molecule is CS(=O)(=O)CC(=O)N(CCN1C2CCC1CC(c1cccc(O)c1)C2)Cc1c(F)cccc1F. The summed E-state index contributed by atoms with van der Waals surface area (Å²) < 4.78 is 51.9. The molecule has 2 unspecified atom stereocenters. The van der Waals surface area contributed by atoms with Crippen molar-refractivity contribution < 1.29 is 27.1 Å². The van der Waals surface area contributed by atoms with Crippen molar-refractivity contribution >= 4 is 15.7 Å². The lowest BCUT2D eigenvalue weighted by molar-refractivity contribution is -0.129. The van der Waals surface area contributed by atoms with Crippen LogP contribution in [0.1, 0.15) is 42.7 Å². The average molecular weight is 493 g/mol. The highest BCUT2D eigenvalue weighted by molar-refractivity contribution is 7.91. The van der Waals surface area contributed by atoms with Crippen molar-refractivity contribution in [1.29, 1.82) is 0 Å². The molecule has 1 amide bonds. The van der Waals surface area contributed by atoms with Gasteiger partial charge in [0.1, 0.15) is 23.1 Å². The average Bonchev–Trinajstić information content (AvgIpc) is 2.98. The molecule has 2 saturated heterocycles. The Kier molecular flexibility index (Phi) is 7.23. The molecular formula is C25H30F2N2O4S. The summed E-state index contributed by atoms with van der Waals surface area (Å²) in [5.41, 5.74) is 0.881. The first-order valence-corrected chi connectivity index (χ1v) is 13.6. The van der Waals surface area contributed by atoms with Gasteiger partial charge in [0, 0.05) is 37.0 Å². The fraction of sp³-hybridized carbons (Fsp3) is 0.480. The minimum absolute atomic E-state index is 0.186. The van der Waals surface area contributed by atoms with Gasteiger partial charge in [0.2, 0.25) is 5.91 Å². The van der Waals surface area contributed by atoms with Crippen LogP contribution in [0.15, 0.2) is 42.5 Å². The molecule has 2 heterocycles. The monoisotopic (exact) mass is 492 g/mol. The van der Waals surface area contributed by atoms with Crippen LogP contribution in [-0.2, 0) is 21.2 Å². The van der Waals surface area contributed by atoms with E-state index in [1.807, 2.05) is 18.2 Å². The molecule has 0 aromatic heterocycles. The number of carbonyl (C=O) groups is 1. The Morgan fingerprint density at radius 2 is 1.71 bits per heavy atom. The van der Waals surface area contributed by atoms with E-state index in [2.05, 4.69) is 4.90 Å². The first-order valence-electron chi connectivity index (χ1n) is 11.5. The molecule has 2 aliphatic rings. The number of nitrogens with zero attached hydrogens (tertiary/aromatic N) is 2. The van der Waals surface area contributed by atoms with E-state index in [9.17, 15) is 27.1 Å². The van der Waals surface area contributed by atoms with Crippen molar-refractivity contribution in [2.75, 3.05) is 25.1 Å². The van der Waals surface area contributed by atoms with Gasteiger partial charge in [-0.25, -0.2) is 17.2 Å². The van der Waals surface area contributed by atoms with Gasteiger partial charge in [-0.05, 0) is 61.4 Å². The van der Waals surface area contributed by atoms with Crippen LogP contribution in [0.3, 0.4) is 0 Å². The quantitative estimate of drug-likeness (QED) is 0.611. The number of sulfone groups is 1. The number of hydrogen-bond acceptors (Lipinski definition) is 5. The number of phenols is 1. The van der Waals surface area contributed by atoms with Crippen molar-refractivity contribution in [1.82, 2.24) is 9.80 Å². The van der Waals surface area contributed by atoms with E-state index in [0.717, 1.165) is 49.6 Å². The van der Waals surface area contributed by atoms with E-state index in [-0.39, 0.29) is 24.4 Å². The van der Waals surface area contributed by atoms with Crippen LogP contribution in [0.25, 0.3) is 0 Å².